The van der Waals surface area contributed by atoms with Gasteiger partial charge in [0.1, 0.15) is 0 Å². The maximum atomic E-state index is 8.85. The largest absolute Gasteiger partial charge is 0.284 e. The first-order valence-corrected chi connectivity index (χ1v) is 5.31. The van der Waals surface area contributed by atoms with E-state index in [9.17, 15) is 0 Å². The number of hydrogen-bond acceptors (Lipinski definition) is 2. The van der Waals surface area contributed by atoms with Gasteiger partial charge >= 0.3 is 0 Å². The highest BCUT2D eigenvalue weighted by atomic mass is 35.5. The molecule has 1 rings (SSSR count). The maximum absolute atomic E-state index is 8.85. The van der Waals surface area contributed by atoms with E-state index in [2.05, 4.69) is 13.0 Å². The van der Waals surface area contributed by atoms with Gasteiger partial charge in [0.25, 0.3) is 0 Å². The molecule has 0 bridgehead atoms. The highest BCUT2D eigenvalue weighted by molar-refractivity contribution is 6.31. The van der Waals surface area contributed by atoms with Gasteiger partial charge in [-0.25, -0.2) is 0 Å². The third-order valence-corrected chi connectivity index (χ3v) is 3.11. The van der Waals surface area contributed by atoms with Gasteiger partial charge in [-0.05, 0) is 32.5 Å². The molecule has 0 aliphatic heterocycles. The molecule has 0 spiro atoms. The van der Waals surface area contributed by atoms with Crippen LogP contribution in [-0.2, 0) is 0 Å². The molecule has 0 aliphatic rings. The van der Waals surface area contributed by atoms with Gasteiger partial charge in [0.2, 0.25) is 0 Å². The maximum Gasteiger partial charge on any atom is 0.0951 e. The average molecular weight is 223 g/mol. The summed E-state index contributed by atoms with van der Waals surface area (Å²) in [5.41, 5.74) is 1.06. The third kappa shape index (κ3) is 2.71. The van der Waals surface area contributed by atoms with Crippen LogP contribution in [0.5, 0.6) is 0 Å². The summed E-state index contributed by atoms with van der Waals surface area (Å²) in [7, 11) is 1.93. The molecule has 2 unspecified atom stereocenters. The molecule has 1 aromatic rings. The van der Waals surface area contributed by atoms with E-state index < -0.39 is 0 Å². The number of nitrogens with zero attached hydrogens (tertiary/aromatic N) is 2. The second kappa shape index (κ2) is 5.16. The van der Waals surface area contributed by atoms with Gasteiger partial charge in [-0.2, -0.15) is 5.26 Å². The Morgan fingerprint density at radius 3 is 2.47 bits per heavy atom. The third-order valence-electron chi connectivity index (χ3n) is 2.76. The molecule has 0 saturated carbocycles. The highest BCUT2D eigenvalue weighted by Crippen LogP contribution is 2.26. The minimum atomic E-state index is -0.115. The Balaban J connectivity index is 2.91. The molecule has 15 heavy (non-hydrogen) atoms. The fraction of sp³-hybridized carbons (Fsp3) is 0.417. The minimum absolute atomic E-state index is 0.115. The molecule has 0 aromatic heterocycles. The lowest BCUT2D eigenvalue weighted by molar-refractivity contribution is 0.234. The van der Waals surface area contributed by atoms with Crippen molar-refractivity contribution in [3.8, 4) is 6.07 Å². The van der Waals surface area contributed by atoms with Crippen LogP contribution in [0.2, 0.25) is 5.02 Å². The zero-order valence-corrected chi connectivity index (χ0v) is 9.99. The van der Waals surface area contributed by atoms with Crippen molar-refractivity contribution in [1.82, 2.24) is 4.90 Å². The fourth-order valence-electron chi connectivity index (χ4n) is 1.46. The molecule has 0 aliphatic carbocycles. The molecule has 0 heterocycles. The molecule has 2 nitrogen and oxygen atoms in total. The molecule has 0 amide bonds. The van der Waals surface area contributed by atoms with Crippen LogP contribution < -0.4 is 0 Å². The molecule has 80 valence electrons. The van der Waals surface area contributed by atoms with Crippen LogP contribution in [-0.4, -0.2) is 18.0 Å². The van der Waals surface area contributed by atoms with Gasteiger partial charge in [0.15, 0.2) is 0 Å². The number of rotatable bonds is 3. The van der Waals surface area contributed by atoms with Crippen molar-refractivity contribution in [1.29, 1.82) is 5.26 Å². The molecule has 0 saturated heterocycles. The summed E-state index contributed by atoms with van der Waals surface area (Å²) in [6.07, 6.45) is 0. The number of benzene rings is 1. The Hall–Kier alpha value is -1.04. The van der Waals surface area contributed by atoms with Crippen LogP contribution in [0, 0.1) is 11.3 Å². The Morgan fingerprint density at radius 2 is 1.93 bits per heavy atom. The molecule has 0 fully saturated rings. The SMILES string of the molecule is CC(C#N)N(C)C(C)c1ccccc1Cl. The van der Waals surface area contributed by atoms with Crippen LogP contribution in [0.15, 0.2) is 24.3 Å². The van der Waals surface area contributed by atoms with Crippen LogP contribution >= 0.6 is 11.6 Å². The van der Waals surface area contributed by atoms with Gasteiger partial charge in [-0.15, -0.1) is 0 Å². The second-order valence-electron chi connectivity index (χ2n) is 3.67. The van der Waals surface area contributed by atoms with E-state index in [0.29, 0.717) is 0 Å². The van der Waals surface area contributed by atoms with E-state index in [4.69, 9.17) is 16.9 Å². The molecular formula is C12H15ClN2. The molecule has 3 heteroatoms. The van der Waals surface area contributed by atoms with Crippen molar-refractivity contribution in [2.75, 3.05) is 7.05 Å². The summed E-state index contributed by atoms with van der Waals surface area (Å²) in [5.74, 6) is 0. The van der Waals surface area contributed by atoms with E-state index in [0.717, 1.165) is 10.6 Å². The number of nitriles is 1. The summed E-state index contributed by atoms with van der Waals surface area (Å²) in [4.78, 5) is 2.00. The van der Waals surface area contributed by atoms with E-state index in [1.54, 1.807) is 0 Å². The van der Waals surface area contributed by atoms with E-state index in [-0.39, 0.29) is 12.1 Å². The Bertz CT molecular complexity index is 370. The van der Waals surface area contributed by atoms with Crippen molar-refractivity contribution in [3.05, 3.63) is 34.9 Å². The van der Waals surface area contributed by atoms with E-state index in [1.807, 2.05) is 43.1 Å². The van der Waals surface area contributed by atoms with Crippen LogP contribution in [0.1, 0.15) is 25.5 Å². The summed E-state index contributed by atoms with van der Waals surface area (Å²) < 4.78 is 0. The number of halogens is 1. The lowest BCUT2D eigenvalue weighted by Crippen LogP contribution is -2.30. The van der Waals surface area contributed by atoms with Crippen LogP contribution in [0.4, 0.5) is 0 Å². The smallest absolute Gasteiger partial charge is 0.0951 e. The summed E-state index contributed by atoms with van der Waals surface area (Å²) in [5, 5.41) is 9.60. The topological polar surface area (TPSA) is 27.0 Å². The Morgan fingerprint density at radius 1 is 1.33 bits per heavy atom. The molecule has 1 aromatic carbocycles. The summed E-state index contributed by atoms with van der Waals surface area (Å²) in [6.45, 7) is 3.93. The molecule has 0 N–H and O–H groups in total. The summed E-state index contributed by atoms with van der Waals surface area (Å²) in [6, 6.07) is 9.99. The minimum Gasteiger partial charge on any atom is -0.284 e. The molecule has 2 atom stereocenters. The zero-order chi connectivity index (χ0) is 11.4. The average Bonchev–Trinajstić information content (AvgIpc) is 2.26. The molecular weight excluding hydrogens is 208 g/mol. The second-order valence-corrected chi connectivity index (χ2v) is 4.08. The van der Waals surface area contributed by atoms with Gasteiger partial charge in [-0.3, -0.25) is 4.90 Å². The van der Waals surface area contributed by atoms with Crippen molar-refractivity contribution in [2.24, 2.45) is 0 Å². The standard InChI is InChI=1S/C12H15ClN2/c1-9(8-14)15(3)10(2)11-6-4-5-7-12(11)13/h4-7,9-10H,1-3H3. The Kier molecular flexibility index (Phi) is 4.14. The van der Waals surface area contributed by atoms with Crippen LogP contribution in [0.25, 0.3) is 0 Å². The normalized spacial score (nSPS) is 14.7. The lowest BCUT2D eigenvalue weighted by Gasteiger charge is -2.27. The number of hydrogen-bond donors (Lipinski definition) is 0. The van der Waals surface area contributed by atoms with Crippen molar-refractivity contribution < 1.29 is 0 Å². The van der Waals surface area contributed by atoms with Gasteiger partial charge < -0.3 is 0 Å². The zero-order valence-electron chi connectivity index (χ0n) is 9.24. The van der Waals surface area contributed by atoms with Crippen LogP contribution in [0.3, 0.4) is 0 Å². The first kappa shape index (κ1) is 12.0. The quantitative estimate of drug-likeness (QED) is 0.785. The fourth-order valence-corrected chi connectivity index (χ4v) is 1.75. The Labute approximate surface area is 96.1 Å². The van der Waals surface area contributed by atoms with E-state index in [1.165, 1.54) is 0 Å². The van der Waals surface area contributed by atoms with Gasteiger partial charge in [-0.1, -0.05) is 29.8 Å². The predicted molar refractivity (Wildman–Crippen MR) is 62.7 cm³/mol. The highest BCUT2D eigenvalue weighted by Gasteiger charge is 2.18. The van der Waals surface area contributed by atoms with Crippen molar-refractivity contribution in [2.45, 2.75) is 25.9 Å². The van der Waals surface area contributed by atoms with E-state index >= 15 is 0 Å². The first-order chi connectivity index (χ1) is 7.07. The molecule has 0 radical (unpaired) electrons. The van der Waals surface area contributed by atoms with Crippen molar-refractivity contribution >= 4 is 11.6 Å². The van der Waals surface area contributed by atoms with Gasteiger partial charge in [0, 0.05) is 11.1 Å². The monoisotopic (exact) mass is 222 g/mol. The first-order valence-electron chi connectivity index (χ1n) is 4.94. The van der Waals surface area contributed by atoms with Crippen molar-refractivity contribution in [3.63, 3.8) is 0 Å². The summed E-state index contributed by atoms with van der Waals surface area (Å²) >= 11 is 6.10. The predicted octanol–water partition coefficient (Wildman–Crippen LogP) is 3.24. The lowest BCUT2D eigenvalue weighted by atomic mass is 10.1. The van der Waals surface area contributed by atoms with Gasteiger partial charge in [0.05, 0.1) is 12.1 Å².